The number of likely N-dealkylation sites (N-methyl/N-ethyl adjacent to an activating group) is 1. The number of methoxy groups -OCH3 is 1. The molecule has 0 spiro atoms. The van der Waals surface area contributed by atoms with Gasteiger partial charge in [-0.2, -0.15) is 0 Å². The highest BCUT2D eigenvalue weighted by Gasteiger charge is 2.28. The van der Waals surface area contributed by atoms with Crippen LogP contribution in [0, 0.1) is 6.92 Å². The molecular formula is C19H27N2O4S+. The number of hydrogen-bond acceptors (Lipinski definition) is 4. The topological polar surface area (TPSA) is 71.3 Å². The van der Waals surface area contributed by atoms with Gasteiger partial charge in [-0.1, -0.05) is 17.7 Å². The van der Waals surface area contributed by atoms with Gasteiger partial charge in [-0.15, -0.1) is 0 Å². The van der Waals surface area contributed by atoms with Crippen molar-refractivity contribution in [1.29, 1.82) is 0 Å². The van der Waals surface area contributed by atoms with Crippen molar-refractivity contribution in [2.75, 3.05) is 38.6 Å². The molecular weight excluding hydrogens is 352 g/mol. The zero-order chi connectivity index (χ0) is 19.3. The number of rotatable bonds is 8. The van der Waals surface area contributed by atoms with Crippen molar-refractivity contribution in [3.05, 3.63) is 54.1 Å². The van der Waals surface area contributed by atoms with Crippen LogP contribution in [0.2, 0.25) is 0 Å². The minimum atomic E-state index is -3.80. The summed E-state index contributed by atoms with van der Waals surface area (Å²) >= 11 is 0. The van der Waals surface area contributed by atoms with Crippen molar-refractivity contribution in [3.63, 3.8) is 0 Å². The third-order valence-corrected chi connectivity index (χ3v) is 5.80. The van der Waals surface area contributed by atoms with Gasteiger partial charge < -0.3 is 14.7 Å². The van der Waals surface area contributed by atoms with Gasteiger partial charge in [-0.3, -0.25) is 4.31 Å². The lowest BCUT2D eigenvalue weighted by Crippen LogP contribution is -3.07. The second-order valence-electron chi connectivity index (χ2n) is 6.61. The molecule has 142 valence electrons. The molecule has 0 aromatic heterocycles. The molecule has 0 radical (unpaired) electrons. The van der Waals surface area contributed by atoms with E-state index in [2.05, 4.69) is 0 Å². The number of aliphatic hydroxyl groups is 1. The van der Waals surface area contributed by atoms with E-state index in [1.165, 1.54) is 4.31 Å². The normalized spacial score (nSPS) is 12.8. The molecule has 1 atom stereocenters. The Hall–Kier alpha value is -2.09. The Balaban J connectivity index is 2.42. The molecule has 0 saturated carbocycles. The van der Waals surface area contributed by atoms with E-state index in [0.29, 0.717) is 18.0 Å². The van der Waals surface area contributed by atoms with Crippen molar-refractivity contribution in [3.8, 4) is 5.75 Å². The summed E-state index contributed by atoms with van der Waals surface area (Å²) in [4.78, 5) is 1.24. The van der Waals surface area contributed by atoms with Crippen LogP contribution in [0.15, 0.2) is 53.4 Å². The molecule has 0 saturated heterocycles. The lowest BCUT2D eigenvalue weighted by molar-refractivity contribution is -0.861. The van der Waals surface area contributed by atoms with Gasteiger partial charge in [-0.05, 0) is 43.3 Å². The molecule has 0 aliphatic heterocycles. The molecule has 0 bridgehead atoms. The molecule has 6 nitrogen and oxygen atoms in total. The van der Waals surface area contributed by atoms with Gasteiger partial charge in [0.1, 0.15) is 18.4 Å². The highest BCUT2D eigenvalue weighted by atomic mass is 32.2. The molecule has 2 aromatic rings. The average Bonchev–Trinajstić information content (AvgIpc) is 2.59. The van der Waals surface area contributed by atoms with Crippen molar-refractivity contribution < 1.29 is 23.2 Å². The highest BCUT2D eigenvalue weighted by molar-refractivity contribution is 7.92. The van der Waals surface area contributed by atoms with E-state index in [-0.39, 0.29) is 11.4 Å². The number of nitrogens with one attached hydrogen (secondary N) is 1. The molecule has 0 heterocycles. The number of anilines is 1. The second-order valence-corrected chi connectivity index (χ2v) is 8.47. The fraction of sp³-hybridized carbons (Fsp3) is 0.368. The Morgan fingerprint density at radius 2 is 1.65 bits per heavy atom. The number of nitrogens with zero attached hydrogens (tertiary/aromatic N) is 1. The Bertz CT molecular complexity index is 802. The Morgan fingerprint density at radius 3 is 2.15 bits per heavy atom. The number of aryl methyl sites for hydroxylation is 1. The first-order valence-electron chi connectivity index (χ1n) is 8.44. The van der Waals surface area contributed by atoms with Crippen LogP contribution in [0.3, 0.4) is 0 Å². The second kappa shape index (κ2) is 8.53. The predicted octanol–water partition coefficient (Wildman–Crippen LogP) is 0.704. The summed E-state index contributed by atoms with van der Waals surface area (Å²) in [5, 5.41) is 10.4. The summed E-state index contributed by atoms with van der Waals surface area (Å²) in [6, 6.07) is 13.5. The number of aliphatic hydroxyl groups excluding tert-OH is 1. The maximum atomic E-state index is 13.2. The fourth-order valence-electron chi connectivity index (χ4n) is 2.66. The highest BCUT2D eigenvalue weighted by Crippen LogP contribution is 2.26. The molecule has 7 heteroatoms. The van der Waals surface area contributed by atoms with E-state index >= 15 is 0 Å². The molecule has 0 fully saturated rings. The van der Waals surface area contributed by atoms with Gasteiger partial charge in [0.25, 0.3) is 10.0 Å². The summed E-state index contributed by atoms with van der Waals surface area (Å²) in [7, 11) is 1.58. The molecule has 26 heavy (non-hydrogen) atoms. The van der Waals surface area contributed by atoms with Crippen LogP contribution in [0.25, 0.3) is 0 Å². The van der Waals surface area contributed by atoms with Crippen LogP contribution >= 0.6 is 0 Å². The van der Waals surface area contributed by atoms with Crippen molar-refractivity contribution >= 4 is 15.7 Å². The number of ether oxygens (including phenoxy) is 1. The summed E-state index contributed by atoms with van der Waals surface area (Å²) in [6.07, 6.45) is -0.790. The van der Waals surface area contributed by atoms with Crippen LogP contribution in [-0.4, -0.2) is 53.9 Å². The van der Waals surface area contributed by atoms with Crippen molar-refractivity contribution in [2.45, 2.75) is 17.9 Å². The lowest BCUT2D eigenvalue weighted by atomic mass is 10.2. The summed E-state index contributed by atoms with van der Waals surface area (Å²) in [5.74, 6) is 0.639. The number of quaternary nitrogens is 1. The SMILES string of the molecule is COc1ccc(N(CC(O)C[NH+](C)C)S(=O)(=O)c2ccc(C)cc2)cc1. The quantitative estimate of drug-likeness (QED) is 0.709. The third kappa shape index (κ3) is 4.97. The van der Waals surface area contributed by atoms with E-state index in [4.69, 9.17) is 4.74 Å². The van der Waals surface area contributed by atoms with E-state index < -0.39 is 16.1 Å². The summed E-state index contributed by atoms with van der Waals surface area (Å²) in [5.41, 5.74) is 1.47. The molecule has 0 aliphatic rings. The minimum Gasteiger partial charge on any atom is -0.497 e. The zero-order valence-electron chi connectivity index (χ0n) is 15.6. The summed E-state index contributed by atoms with van der Waals surface area (Å²) in [6.45, 7) is 2.32. The maximum Gasteiger partial charge on any atom is 0.264 e. The Kier molecular flexibility index (Phi) is 6.63. The lowest BCUT2D eigenvalue weighted by Gasteiger charge is -2.27. The number of hydrogen-bond donors (Lipinski definition) is 2. The van der Waals surface area contributed by atoms with Gasteiger partial charge in [0, 0.05) is 0 Å². The first kappa shape index (κ1) is 20.2. The number of benzene rings is 2. The molecule has 1 unspecified atom stereocenters. The van der Waals surface area contributed by atoms with Gasteiger partial charge in [0.15, 0.2) is 0 Å². The van der Waals surface area contributed by atoms with Crippen LogP contribution in [0.5, 0.6) is 5.75 Å². The van der Waals surface area contributed by atoms with Crippen LogP contribution in [0.4, 0.5) is 5.69 Å². The van der Waals surface area contributed by atoms with E-state index in [1.54, 1.807) is 55.6 Å². The van der Waals surface area contributed by atoms with Crippen LogP contribution in [-0.2, 0) is 10.0 Å². The van der Waals surface area contributed by atoms with Crippen LogP contribution in [0.1, 0.15) is 5.56 Å². The van der Waals surface area contributed by atoms with Crippen molar-refractivity contribution in [1.82, 2.24) is 0 Å². The van der Waals surface area contributed by atoms with Crippen LogP contribution < -0.4 is 13.9 Å². The van der Waals surface area contributed by atoms with E-state index in [9.17, 15) is 13.5 Å². The first-order chi connectivity index (χ1) is 12.2. The molecule has 2 rings (SSSR count). The van der Waals surface area contributed by atoms with Gasteiger partial charge in [0.2, 0.25) is 0 Å². The van der Waals surface area contributed by atoms with E-state index in [0.717, 1.165) is 10.5 Å². The predicted molar refractivity (Wildman–Crippen MR) is 102 cm³/mol. The maximum absolute atomic E-state index is 13.2. The minimum absolute atomic E-state index is 0.0201. The van der Waals surface area contributed by atoms with E-state index in [1.807, 2.05) is 21.0 Å². The van der Waals surface area contributed by atoms with Crippen molar-refractivity contribution in [2.24, 2.45) is 0 Å². The Labute approximate surface area is 155 Å². The fourth-order valence-corrected chi connectivity index (χ4v) is 4.16. The number of sulfonamides is 1. The zero-order valence-corrected chi connectivity index (χ0v) is 16.5. The monoisotopic (exact) mass is 379 g/mol. The molecule has 2 aromatic carbocycles. The van der Waals surface area contributed by atoms with Gasteiger partial charge in [0.05, 0.1) is 38.3 Å². The largest absolute Gasteiger partial charge is 0.497 e. The standard InChI is InChI=1S/C19H26N2O4S/c1-15-5-11-19(12-6-15)26(23,24)21(14-17(22)13-20(2)3)16-7-9-18(25-4)10-8-16/h5-12,17,22H,13-14H2,1-4H3/p+1. The average molecular weight is 380 g/mol. The smallest absolute Gasteiger partial charge is 0.264 e. The van der Waals surface area contributed by atoms with Gasteiger partial charge in [-0.25, -0.2) is 8.42 Å². The molecule has 0 aliphatic carbocycles. The third-order valence-electron chi connectivity index (χ3n) is 3.99. The summed E-state index contributed by atoms with van der Waals surface area (Å²) < 4.78 is 32.8. The first-order valence-corrected chi connectivity index (χ1v) is 9.88. The van der Waals surface area contributed by atoms with Gasteiger partial charge >= 0.3 is 0 Å². The Morgan fingerprint density at radius 1 is 1.08 bits per heavy atom. The molecule has 2 N–H and O–H groups in total. The molecule has 0 amide bonds.